The molecule has 0 saturated heterocycles. The van der Waals surface area contributed by atoms with E-state index in [0.717, 1.165) is 45.6 Å². The first-order valence-electron chi connectivity index (χ1n) is 14.7. The number of hydrogen-bond donors (Lipinski definition) is 0. The molecule has 0 spiro atoms. The van der Waals surface area contributed by atoms with Crippen LogP contribution in [0.15, 0.2) is 106 Å². The number of furan rings is 1. The van der Waals surface area contributed by atoms with E-state index in [9.17, 15) is 0 Å². The molecular weight excluding hydrogens is 725 g/mol. The Balaban J connectivity index is 0.000000172. The third-order valence-electron chi connectivity index (χ3n) is 7.54. The molecule has 0 fully saturated rings. The fraction of sp³-hybridized carbons (Fsp3) is 0.222. The predicted molar refractivity (Wildman–Crippen MR) is 173 cm³/mol. The normalized spacial score (nSPS) is 12.7. The van der Waals surface area contributed by atoms with Crippen molar-refractivity contribution in [3.05, 3.63) is 121 Å². The Labute approximate surface area is 272 Å². The Morgan fingerprint density at radius 2 is 1.57 bits per heavy atom. The molecule has 6 aromatic rings. The molecule has 0 aliphatic carbocycles. The average molecular weight is 760 g/mol. The molecule has 1 aliphatic heterocycles. The summed E-state index contributed by atoms with van der Waals surface area (Å²) in [7, 11) is 0. The zero-order chi connectivity index (χ0) is 29.9. The van der Waals surface area contributed by atoms with Crippen molar-refractivity contribution in [3.8, 4) is 17.1 Å². The standard InChI is InChI=1S/C21H23N2.C15H12N4O.Ir/c1-15(2)18-11-8-12-19(16(3)4)20(18)23-14-13-22-21(23)17-9-6-5-7-10-17;1-2-18-10-19(17-16-18)13-8-5-7-12-11-6-3-4-9-14(11)20-15(12)13;/h5-9,11-16H,1-4H3;3-7,9-10H,2H2,1H3;/q-1;-2;+3. The van der Waals surface area contributed by atoms with Gasteiger partial charge in [-0.05, 0) is 41.6 Å². The van der Waals surface area contributed by atoms with Gasteiger partial charge in [0.2, 0.25) is 0 Å². The van der Waals surface area contributed by atoms with Gasteiger partial charge < -0.3 is 19.0 Å². The minimum atomic E-state index is 0. The summed E-state index contributed by atoms with van der Waals surface area (Å²) in [6, 6.07) is 33.0. The quantitative estimate of drug-likeness (QED) is 0.159. The molecule has 7 rings (SSSR count). The van der Waals surface area contributed by atoms with Gasteiger partial charge in [-0.3, -0.25) is 4.98 Å². The van der Waals surface area contributed by atoms with Gasteiger partial charge in [0.15, 0.2) is 0 Å². The summed E-state index contributed by atoms with van der Waals surface area (Å²) < 4.78 is 8.17. The van der Waals surface area contributed by atoms with Crippen LogP contribution < -0.4 is 5.01 Å². The van der Waals surface area contributed by atoms with Gasteiger partial charge >= 0.3 is 20.1 Å². The van der Waals surface area contributed by atoms with E-state index in [1.54, 1.807) is 10.0 Å². The van der Waals surface area contributed by atoms with Gasteiger partial charge in [-0.25, -0.2) is 0 Å². The second-order valence-corrected chi connectivity index (χ2v) is 11.1. The number of imidazole rings is 1. The number of benzene rings is 4. The average Bonchev–Trinajstić information content (AvgIpc) is 3.80. The Kier molecular flexibility index (Phi) is 9.62. The molecule has 0 bridgehead atoms. The molecule has 44 heavy (non-hydrogen) atoms. The van der Waals surface area contributed by atoms with Gasteiger partial charge in [-0.2, -0.15) is 18.2 Å². The predicted octanol–water partition coefficient (Wildman–Crippen LogP) is 9.51. The van der Waals surface area contributed by atoms with Crippen molar-refractivity contribution >= 4 is 27.6 Å². The molecule has 2 aromatic heterocycles. The number of hydrogen-bond acceptors (Lipinski definition) is 6. The topological polar surface area (TPSA) is 62.2 Å². The summed E-state index contributed by atoms with van der Waals surface area (Å²) in [4.78, 5) is 4.60. The fourth-order valence-corrected chi connectivity index (χ4v) is 5.37. The van der Waals surface area contributed by atoms with Crippen LogP contribution in [0.1, 0.15) is 57.6 Å². The summed E-state index contributed by atoms with van der Waals surface area (Å²) in [5.41, 5.74) is 7.41. The van der Waals surface area contributed by atoms with Crippen LogP contribution in [0.2, 0.25) is 0 Å². The first kappa shape index (κ1) is 31.2. The van der Waals surface area contributed by atoms with Crippen molar-refractivity contribution < 1.29 is 24.5 Å². The summed E-state index contributed by atoms with van der Waals surface area (Å²) in [6.45, 7) is 13.6. The van der Waals surface area contributed by atoms with Crippen LogP contribution in [0.4, 0.5) is 5.69 Å². The van der Waals surface area contributed by atoms with Crippen LogP contribution >= 0.6 is 0 Å². The van der Waals surface area contributed by atoms with E-state index in [-0.39, 0.29) is 20.1 Å². The Morgan fingerprint density at radius 3 is 2.25 bits per heavy atom. The molecule has 0 saturated carbocycles. The van der Waals surface area contributed by atoms with E-state index >= 15 is 0 Å². The van der Waals surface area contributed by atoms with Gasteiger partial charge in [-0.1, -0.05) is 79.9 Å². The van der Waals surface area contributed by atoms with E-state index in [2.05, 4.69) is 96.4 Å². The maximum absolute atomic E-state index is 5.95. The first-order chi connectivity index (χ1) is 21.0. The largest absolute Gasteiger partial charge is 3.00 e. The van der Waals surface area contributed by atoms with Gasteiger partial charge in [0.1, 0.15) is 5.58 Å². The summed E-state index contributed by atoms with van der Waals surface area (Å²) >= 11 is 0. The van der Waals surface area contributed by atoms with Crippen LogP contribution in [-0.4, -0.2) is 21.1 Å². The van der Waals surface area contributed by atoms with Crippen LogP contribution in [-0.2, 0) is 20.1 Å². The molecule has 3 heterocycles. The minimum absolute atomic E-state index is 0. The Hall–Kier alpha value is -4.26. The van der Waals surface area contributed by atoms with Gasteiger partial charge in [-0.15, -0.1) is 42.6 Å². The number of para-hydroxylation sites is 2. The molecule has 1 aliphatic rings. The molecular formula is C36H35IrN6O. The smallest absolute Gasteiger partial charge is 0.514 e. The van der Waals surface area contributed by atoms with Crippen molar-refractivity contribution in [1.29, 1.82) is 0 Å². The van der Waals surface area contributed by atoms with E-state index in [1.165, 1.54) is 16.8 Å². The molecule has 0 N–H and O–H groups in total. The van der Waals surface area contributed by atoms with E-state index in [0.29, 0.717) is 11.8 Å². The number of nitrogens with zero attached hydrogens (tertiary/aromatic N) is 6. The van der Waals surface area contributed by atoms with E-state index in [1.807, 2.05) is 68.3 Å². The van der Waals surface area contributed by atoms with Gasteiger partial charge in [0.05, 0.1) is 5.82 Å². The van der Waals surface area contributed by atoms with Crippen LogP contribution in [0.3, 0.4) is 0 Å². The molecule has 0 amide bonds. The SMILES string of the molecule is CC(C)c1cccc(C(C)C)c1-n1ccnc1-c1[c-]cccc1.CCN1[CH-]N(c2[c-]ccc3c2oc2ccccc23)N=N1.[Ir+3]. The molecule has 0 unspecified atom stereocenters. The second-order valence-electron chi connectivity index (χ2n) is 11.1. The van der Waals surface area contributed by atoms with E-state index < -0.39 is 0 Å². The maximum atomic E-state index is 5.95. The summed E-state index contributed by atoms with van der Waals surface area (Å²) in [5, 5.41) is 13.8. The van der Waals surface area contributed by atoms with Crippen molar-refractivity contribution in [3.63, 3.8) is 0 Å². The zero-order valence-electron chi connectivity index (χ0n) is 25.5. The number of aromatic nitrogens is 2. The third kappa shape index (κ3) is 6.05. The van der Waals surface area contributed by atoms with Crippen LogP contribution in [0, 0.1) is 18.8 Å². The fourth-order valence-electron chi connectivity index (χ4n) is 5.37. The molecule has 7 nitrogen and oxygen atoms in total. The van der Waals surface area contributed by atoms with Gasteiger partial charge in [0.25, 0.3) is 0 Å². The molecule has 0 radical (unpaired) electrons. The Bertz CT molecular complexity index is 1850. The third-order valence-corrected chi connectivity index (χ3v) is 7.54. The van der Waals surface area contributed by atoms with Gasteiger partial charge in [0, 0.05) is 35.6 Å². The van der Waals surface area contributed by atoms with Crippen LogP contribution in [0.25, 0.3) is 39.0 Å². The second kappa shape index (κ2) is 13.6. The zero-order valence-corrected chi connectivity index (χ0v) is 27.9. The van der Waals surface area contributed by atoms with Crippen molar-refractivity contribution in [2.24, 2.45) is 10.4 Å². The number of fused-ring (bicyclic) bond motifs is 3. The molecule has 4 aromatic carbocycles. The number of anilines is 1. The molecule has 0 atom stereocenters. The maximum Gasteiger partial charge on any atom is 3.00 e. The minimum Gasteiger partial charge on any atom is -0.514 e. The molecule has 224 valence electrons. The van der Waals surface area contributed by atoms with Crippen LogP contribution in [0.5, 0.6) is 0 Å². The molecule has 8 heteroatoms. The van der Waals surface area contributed by atoms with Crippen molar-refractivity contribution in [1.82, 2.24) is 14.6 Å². The monoisotopic (exact) mass is 760 g/mol. The summed E-state index contributed by atoms with van der Waals surface area (Å²) in [5.74, 6) is 1.86. The van der Waals surface area contributed by atoms with Crippen molar-refractivity contribution in [2.45, 2.75) is 46.5 Å². The van der Waals surface area contributed by atoms with E-state index in [4.69, 9.17) is 4.42 Å². The van der Waals surface area contributed by atoms with Crippen molar-refractivity contribution in [2.75, 3.05) is 11.6 Å². The Morgan fingerprint density at radius 1 is 0.818 bits per heavy atom. The number of rotatable bonds is 6. The summed E-state index contributed by atoms with van der Waals surface area (Å²) in [6.07, 6.45) is 3.93. The first-order valence-corrected chi connectivity index (χ1v) is 14.7.